The van der Waals surface area contributed by atoms with Gasteiger partial charge in [0.2, 0.25) is 10.0 Å². The molecule has 0 aromatic heterocycles. The number of sulfonamides is 1. The van der Waals surface area contributed by atoms with Gasteiger partial charge in [0, 0.05) is 18.2 Å². The van der Waals surface area contributed by atoms with E-state index in [2.05, 4.69) is 17.0 Å². The molecule has 2 N–H and O–H groups in total. The van der Waals surface area contributed by atoms with E-state index in [0.29, 0.717) is 12.1 Å². The van der Waals surface area contributed by atoms with Crippen molar-refractivity contribution in [3.63, 3.8) is 0 Å². The van der Waals surface area contributed by atoms with Gasteiger partial charge in [0.1, 0.15) is 0 Å². The van der Waals surface area contributed by atoms with Gasteiger partial charge >= 0.3 is 0 Å². The third kappa shape index (κ3) is 5.77. The van der Waals surface area contributed by atoms with E-state index in [0.717, 1.165) is 25.7 Å². The normalized spacial score (nSPS) is 12.9. The first-order chi connectivity index (χ1) is 10.4. The van der Waals surface area contributed by atoms with Crippen LogP contribution in [0.15, 0.2) is 29.2 Å². The Morgan fingerprint density at radius 2 is 1.77 bits per heavy atom. The maximum Gasteiger partial charge on any atom is 0.251 e. The number of carbonyl (C=O) groups excluding carboxylic acids is 1. The molecule has 0 radical (unpaired) electrons. The number of hydrogen-bond acceptors (Lipinski definition) is 3. The molecule has 124 valence electrons. The highest BCUT2D eigenvalue weighted by atomic mass is 32.2. The summed E-state index contributed by atoms with van der Waals surface area (Å²) in [6.45, 7) is 6.42. The Morgan fingerprint density at radius 3 is 2.32 bits per heavy atom. The van der Waals surface area contributed by atoms with Crippen molar-refractivity contribution in [3.05, 3.63) is 29.8 Å². The average Bonchev–Trinajstić information content (AvgIpc) is 2.51. The topological polar surface area (TPSA) is 75.3 Å². The van der Waals surface area contributed by atoms with E-state index < -0.39 is 10.0 Å². The number of unbranched alkanes of at least 4 members (excludes halogenated alkanes) is 2. The molecule has 1 rings (SSSR count). The summed E-state index contributed by atoms with van der Waals surface area (Å²) in [5.74, 6) is -0.186. The van der Waals surface area contributed by atoms with Crippen LogP contribution in [-0.2, 0) is 10.0 Å². The van der Waals surface area contributed by atoms with Crippen LogP contribution in [0.4, 0.5) is 0 Å². The summed E-state index contributed by atoms with van der Waals surface area (Å²) in [4.78, 5) is 12.1. The van der Waals surface area contributed by atoms with Gasteiger partial charge in [-0.3, -0.25) is 4.79 Å². The molecule has 1 atom stereocenters. The van der Waals surface area contributed by atoms with Crippen LogP contribution < -0.4 is 10.0 Å². The van der Waals surface area contributed by atoms with Crippen LogP contribution in [0.25, 0.3) is 0 Å². The van der Waals surface area contributed by atoms with Crippen LogP contribution in [0, 0.1) is 0 Å². The number of nitrogens with one attached hydrogen (secondary N) is 2. The highest BCUT2D eigenvalue weighted by molar-refractivity contribution is 7.89. The van der Waals surface area contributed by atoms with Crippen molar-refractivity contribution < 1.29 is 13.2 Å². The second kappa shape index (κ2) is 8.90. The highest BCUT2D eigenvalue weighted by Crippen LogP contribution is 2.11. The number of amides is 1. The Bertz CT molecular complexity index is 568. The lowest BCUT2D eigenvalue weighted by Crippen LogP contribution is -2.32. The first-order valence-corrected chi connectivity index (χ1v) is 9.29. The minimum Gasteiger partial charge on any atom is -0.350 e. The summed E-state index contributed by atoms with van der Waals surface area (Å²) in [6.07, 6.45) is 3.71. The number of hydrogen-bond donors (Lipinski definition) is 2. The van der Waals surface area contributed by atoms with Gasteiger partial charge in [-0.2, -0.15) is 0 Å². The molecule has 1 amide bonds. The fourth-order valence-electron chi connectivity index (χ4n) is 1.86. The average molecular weight is 326 g/mol. The minimum absolute atomic E-state index is 0.0936. The maximum atomic E-state index is 12.1. The number of rotatable bonds is 9. The van der Waals surface area contributed by atoms with Crippen LogP contribution in [0.1, 0.15) is 56.8 Å². The predicted octanol–water partition coefficient (Wildman–Crippen LogP) is 2.68. The van der Waals surface area contributed by atoms with E-state index >= 15 is 0 Å². The third-order valence-electron chi connectivity index (χ3n) is 3.49. The summed E-state index contributed by atoms with van der Waals surface area (Å²) in [7, 11) is -3.49. The maximum absolute atomic E-state index is 12.1. The molecule has 0 heterocycles. The third-order valence-corrected chi connectivity index (χ3v) is 4.97. The summed E-state index contributed by atoms with van der Waals surface area (Å²) in [5.41, 5.74) is 0.463. The predicted molar refractivity (Wildman–Crippen MR) is 88.4 cm³/mol. The van der Waals surface area contributed by atoms with E-state index in [1.165, 1.54) is 24.3 Å². The molecule has 1 unspecified atom stereocenters. The fourth-order valence-corrected chi connectivity index (χ4v) is 2.93. The van der Waals surface area contributed by atoms with Gasteiger partial charge in [-0.15, -0.1) is 0 Å². The molecule has 0 aliphatic rings. The van der Waals surface area contributed by atoms with E-state index in [1.807, 2.05) is 13.8 Å². The van der Waals surface area contributed by atoms with E-state index in [-0.39, 0.29) is 16.8 Å². The molecule has 22 heavy (non-hydrogen) atoms. The number of carbonyl (C=O) groups is 1. The van der Waals surface area contributed by atoms with Crippen molar-refractivity contribution in [3.8, 4) is 0 Å². The quantitative estimate of drug-likeness (QED) is 0.685. The molecule has 0 saturated heterocycles. The van der Waals surface area contributed by atoms with Crippen molar-refractivity contribution in [2.24, 2.45) is 0 Å². The molecule has 6 heteroatoms. The number of benzene rings is 1. The van der Waals surface area contributed by atoms with Gasteiger partial charge in [0.25, 0.3) is 5.91 Å². The van der Waals surface area contributed by atoms with E-state index in [9.17, 15) is 13.2 Å². The Morgan fingerprint density at radius 1 is 1.14 bits per heavy atom. The fraction of sp³-hybridized carbons (Fsp3) is 0.562. The molecule has 0 fully saturated rings. The molecule has 0 aliphatic carbocycles. The lowest BCUT2D eigenvalue weighted by molar-refractivity contribution is 0.0939. The van der Waals surface area contributed by atoms with Crippen LogP contribution in [0.5, 0.6) is 0 Å². The molecule has 1 aromatic rings. The Balaban J connectivity index is 2.69. The molecule has 0 spiro atoms. The zero-order valence-corrected chi connectivity index (χ0v) is 14.4. The van der Waals surface area contributed by atoms with Gasteiger partial charge in [-0.1, -0.05) is 26.7 Å². The SMILES string of the molecule is CCCCCNS(=O)(=O)c1ccc(C(=O)NC(C)CC)cc1. The van der Waals surface area contributed by atoms with Crippen LogP contribution in [0.3, 0.4) is 0 Å². The summed E-state index contributed by atoms with van der Waals surface area (Å²) >= 11 is 0. The zero-order chi connectivity index (χ0) is 16.6. The Kier molecular flexibility index (Phi) is 7.55. The Labute approximate surface area is 133 Å². The van der Waals surface area contributed by atoms with Gasteiger partial charge in [0.05, 0.1) is 4.90 Å². The smallest absolute Gasteiger partial charge is 0.251 e. The van der Waals surface area contributed by atoms with Crippen LogP contribution >= 0.6 is 0 Å². The molecule has 0 bridgehead atoms. The minimum atomic E-state index is -3.49. The largest absolute Gasteiger partial charge is 0.350 e. The summed E-state index contributed by atoms with van der Waals surface area (Å²) in [5, 5.41) is 2.85. The highest BCUT2D eigenvalue weighted by Gasteiger charge is 2.14. The molecule has 1 aromatic carbocycles. The summed E-state index contributed by atoms with van der Waals surface area (Å²) < 4.78 is 26.7. The van der Waals surface area contributed by atoms with Crippen LogP contribution in [-0.4, -0.2) is 26.9 Å². The van der Waals surface area contributed by atoms with Crippen molar-refractivity contribution in [1.29, 1.82) is 0 Å². The molecule has 0 saturated carbocycles. The second-order valence-corrected chi connectivity index (χ2v) is 7.18. The van der Waals surface area contributed by atoms with Gasteiger partial charge in [-0.25, -0.2) is 13.1 Å². The summed E-state index contributed by atoms with van der Waals surface area (Å²) in [6, 6.07) is 6.11. The monoisotopic (exact) mass is 326 g/mol. The molecule has 0 aliphatic heterocycles. The van der Waals surface area contributed by atoms with E-state index in [4.69, 9.17) is 0 Å². The Hall–Kier alpha value is -1.40. The van der Waals surface area contributed by atoms with Crippen LogP contribution in [0.2, 0.25) is 0 Å². The van der Waals surface area contributed by atoms with Crippen molar-refractivity contribution >= 4 is 15.9 Å². The van der Waals surface area contributed by atoms with Crippen molar-refractivity contribution in [2.75, 3.05) is 6.54 Å². The lowest BCUT2D eigenvalue weighted by atomic mass is 10.2. The van der Waals surface area contributed by atoms with Gasteiger partial charge in [0.15, 0.2) is 0 Å². The lowest BCUT2D eigenvalue weighted by Gasteiger charge is -2.12. The molecule has 5 nitrogen and oxygen atoms in total. The van der Waals surface area contributed by atoms with Gasteiger partial charge < -0.3 is 5.32 Å². The van der Waals surface area contributed by atoms with Crippen molar-refractivity contribution in [2.45, 2.75) is 57.4 Å². The first-order valence-electron chi connectivity index (χ1n) is 7.81. The van der Waals surface area contributed by atoms with Gasteiger partial charge in [-0.05, 0) is 44.0 Å². The molecular weight excluding hydrogens is 300 g/mol. The standard InChI is InChI=1S/C16H26N2O3S/c1-4-6-7-12-17-22(20,21)15-10-8-14(9-11-15)16(19)18-13(3)5-2/h8-11,13,17H,4-7,12H2,1-3H3,(H,18,19). The van der Waals surface area contributed by atoms with E-state index in [1.54, 1.807) is 0 Å². The molecular formula is C16H26N2O3S. The first kappa shape index (κ1) is 18.6. The van der Waals surface area contributed by atoms with Crippen molar-refractivity contribution in [1.82, 2.24) is 10.0 Å². The zero-order valence-electron chi connectivity index (χ0n) is 13.6. The second-order valence-electron chi connectivity index (χ2n) is 5.41.